The molecule has 0 aromatic carbocycles. The van der Waals surface area contributed by atoms with Gasteiger partial charge in [-0.2, -0.15) is 0 Å². The molecule has 4 rings (SSSR count). The second-order valence-electron chi connectivity index (χ2n) is 9.31. The number of fused-ring (bicyclic) bond motifs is 5. The van der Waals surface area contributed by atoms with Gasteiger partial charge in [0.05, 0.1) is 6.10 Å². The number of aliphatic hydroxyl groups excluding tert-OH is 1. The number of ether oxygens (including phenoxy) is 1. The fourth-order valence-electron chi connectivity index (χ4n) is 6.96. The first-order valence-corrected chi connectivity index (χ1v) is 9.90. The van der Waals surface area contributed by atoms with Crippen LogP contribution in [0.1, 0.15) is 72.1 Å². The Morgan fingerprint density at radius 3 is 2.71 bits per heavy atom. The summed E-state index contributed by atoms with van der Waals surface area (Å²) < 4.78 is 5.88. The average molecular weight is 332 g/mol. The van der Waals surface area contributed by atoms with Crippen molar-refractivity contribution >= 4 is 5.97 Å². The lowest BCUT2D eigenvalue weighted by molar-refractivity contribution is -0.175. The number of hydrogen-bond acceptors (Lipinski definition) is 3. The van der Waals surface area contributed by atoms with Crippen molar-refractivity contribution in [3.8, 4) is 0 Å². The van der Waals surface area contributed by atoms with Crippen LogP contribution < -0.4 is 0 Å². The highest BCUT2D eigenvalue weighted by atomic mass is 16.6. The molecule has 0 amide bonds. The first-order chi connectivity index (χ1) is 11.3. The molecule has 0 bridgehead atoms. The lowest BCUT2D eigenvalue weighted by Gasteiger charge is -2.55. The van der Waals surface area contributed by atoms with Crippen LogP contribution in [0.5, 0.6) is 0 Å². The van der Waals surface area contributed by atoms with Crippen molar-refractivity contribution in [2.45, 2.75) is 83.8 Å². The van der Waals surface area contributed by atoms with E-state index in [1.807, 2.05) is 0 Å². The van der Waals surface area contributed by atoms with Gasteiger partial charge in [0.15, 0.2) is 0 Å². The quantitative estimate of drug-likeness (QED) is 0.577. The third-order valence-electron chi connectivity index (χ3n) is 8.32. The maximum atomic E-state index is 11.7. The summed E-state index contributed by atoms with van der Waals surface area (Å²) in [5, 5.41) is 10.00. The van der Waals surface area contributed by atoms with Gasteiger partial charge in [-0.1, -0.05) is 18.6 Å². The largest absolute Gasteiger partial charge is 0.459 e. The van der Waals surface area contributed by atoms with Gasteiger partial charge >= 0.3 is 5.97 Å². The van der Waals surface area contributed by atoms with Crippen LogP contribution in [0.2, 0.25) is 0 Å². The first-order valence-electron chi connectivity index (χ1n) is 9.90. The van der Waals surface area contributed by atoms with E-state index < -0.39 is 0 Å². The Morgan fingerprint density at radius 1 is 1.17 bits per heavy atom. The Hall–Kier alpha value is -0.830. The van der Waals surface area contributed by atoms with Crippen LogP contribution >= 0.6 is 0 Å². The minimum Gasteiger partial charge on any atom is -0.459 e. The molecule has 3 fully saturated rings. The summed E-state index contributed by atoms with van der Waals surface area (Å²) in [7, 11) is 0. The van der Waals surface area contributed by atoms with Crippen LogP contribution in [-0.2, 0) is 9.53 Å². The van der Waals surface area contributed by atoms with Crippen molar-refractivity contribution in [1.29, 1.82) is 0 Å². The molecular weight excluding hydrogens is 300 g/mol. The summed E-state index contributed by atoms with van der Waals surface area (Å²) in [6.07, 6.45) is 11.2. The van der Waals surface area contributed by atoms with E-state index in [0.29, 0.717) is 11.8 Å². The van der Waals surface area contributed by atoms with E-state index in [2.05, 4.69) is 19.9 Å². The predicted octanol–water partition coefficient (Wildman–Crippen LogP) is 4.24. The SMILES string of the molecule is CC(=O)O[C@@]1(C)CC[C@H]2[C@@H]3CC=C4CC(O)CC[C@@H]4[C@H]3CC[C@@]21C. The Bertz CT molecular complexity index is 567. The van der Waals surface area contributed by atoms with Gasteiger partial charge in [0.25, 0.3) is 0 Å². The zero-order valence-corrected chi connectivity index (χ0v) is 15.4. The fraction of sp³-hybridized carbons (Fsp3) is 0.857. The van der Waals surface area contributed by atoms with Crippen LogP contribution in [0.3, 0.4) is 0 Å². The molecule has 4 aliphatic rings. The van der Waals surface area contributed by atoms with E-state index in [1.165, 1.54) is 32.1 Å². The van der Waals surface area contributed by atoms with Gasteiger partial charge in [0, 0.05) is 12.3 Å². The van der Waals surface area contributed by atoms with Gasteiger partial charge in [-0.25, -0.2) is 0 Å². The summed E-state index contributed by atoms with van der Waals surface area (Å²) in [5.74, 6) is 2.77. The number of aliphatic hydroxyl groups is 1. The van der Waals surface area contributed by atoms with Gasteiger partial charge in [0.1, 0.15) is 5.60 Å². The molecular formula is C21H32O3. The van der Waals surface area contributed by atoms with Gasteiger partial charge in [0.2, 0.25) is 0 Å². The standard InChI is InChI=1S/C21H32O3/c1-13(22)24-21(3)11-9-19-18-6-4-14-12-15(23)5-7-16(14)17(18)8-10-20(19,21)2/h4,15-19,23H,5-12H2,1-3H3/t15?,16-,17+,18+,19-,20-,21-/m0/s1. The van der Waals surface area contributed by atoms with E-state index in [9.17, 15) is 9.90 Å². The molecule has 0 aromatic heterocycles. The molecule has 1 N–H and O–H groups in total. The normalized spacial score (nSPS) is 50.3. The summed E-state index contributed by atoms with van der Waals surface area (Å²) in [6.45, 7) is 6.11. The number of hydrogen-bond donors (Lipinski definition) is 1. The minimum absolute atomic E-state index is 0.114. The topological polar surface area (TPSA) is 46.5 Å². The number of esters is 1. The van der Waals surface area contributed by atoms with E-state index >= 15 is 0 Å². The van der Waals surface area contributed by atoms with Crippen molar-refractivity contribution in [3.63, 3.8) is 0 Å². The fourth-order valence-corrected chi connectivity index (χ4v) is 6.96. The maximum Gasteiger partial charge on any atom is 0.303 e. The number of carbonyl (C=O) groups is 1. The molecule has 134 valence electrons. The highest BCUT2D eigenvalue weighted by Crippen LogP contribution is 2.65. The molecule has 3 saturated carbocycles. The second-order valence-corrected chi connectivity index (χ2v) is 9.31. The van der Waals surface area contributed by atoms with Crippen molar-refractivity contribution in [1.82, 2.24) is 0 Å². The molecule has 0 saturated heterocycles. The molecule has 0 aliphatic heterocycles. The molecule has 0 heterocycles. The Labute approximate surface area is 145 Å². The van der Waals surface area contributed by atoms with Gasteiger partial charge in [-0.3, -0.25) is 4.79 Å². The molecule has 0 aromatic rings. The highest BCUT2D eigenvalue weighted by Gasteiger charge is 2.62. The predicted molar refractivity (Wildman–Crippen MR) is 93.3 cm³/mol. The van der Waals surface area contributed by atoms with Crippen LogP contribution in [-0.4, -0.2) is 22.8 Å². The number of rotatable bonds is 1. The zero-order valence-electron chi connectivity index (χ0n) is 15.4. The van der Waals surface area contributed by atoms with E-state index in [0.717, 1.165) is 31.1 Å². The molecule has 3 heteroatoms. The first kappa shape index (κ1) is 16.6. The molecule has 24 heavy (non-hydrogen) atoms. The second kappa shape index (κ2) is 5.59. The van der Waals surface area contributed by atoms with Crippen molar-refractivity contribution < 1.29 is 14.6 Å². The third-order valence-corrected chi connectivity index (χ3v) is 8.32. The van der Waals surface area contributed by atoms with Gasteiger partial charge in [-0.05, 0) is 82.0 Å². The molecule has 7 atom stereocenters. The van der Waals surface area contributed by atoms with Crippen LogP contribution in [0, 0.1) is 29.1 Å². The average Bonchev–Trinajstić information content (AvgIpc) is 2.77. The summed E-state index contributed by atoms with van der Waals surface area (Å²) in [5.41, 5.74) is 1.37. The van der Waals surface area contributed by atoms with Gasteiger partial charge in [-0.15, -0.1) is 0 Å². The van der Waals surface area contributed by atoms with Crippen LogP contribution in [0.15, 0.2) is 11.6 Å². The van der Waals surface area contributed by atoms with Crippen molar-refractivity contribution in [2.24, 2.45) is 29.1 Å². The summed E-state index contributed by atoms with van der Waals surface area (Å²) in [6, 6.07) is 0. The zero-order chi connectivity index (χ0) is 17.1. The molecule has 0 spiro atoms. The Balaban J connectivity index is 1.61. The Morgan fingerprint density at radius 2 is 1.96 bits per heavy atom. The molecule has 3 nitrogen and oxygen atoms in total. The van der Waals surface area contributed by atoms with Crippen LogP contribution in [0.4, 0.5) is 0 Å². The highest BCUT2D eigenvalue weighted by molar-refractivity contribution is 5.66. The van der Waals surface area contributed by atoms with Crippen LogP contribution in [0.25, 0.3) is 0 Å². The summed E-state index contributed by atoms with van der Waals surface area (Å²) in [4.78, 5) is 11.7. The van der Waals surface area contributed by atoms with Crippen molar-refractivity contribution in [3.05, 3.63) is 11.6 Å². The monoisotopic (exact) mass is 332 g/mol. The van der Waals surface area contributed by atoms with E-state index in [-0.39, 0.29) is 23.1 Å². The van der Waals surface area contributed by atoms with Gasteiger partial charge < -0.3 is 9.84 Å². The maximum absolute atomic E-state index is 11.7. The smallest absolute Gasteiger partial charge is 0.303 e. The molecule has 0 radical (unpaired) electrons. The number of carbonyl (C=O) groups excluding carboxylic acids is 1. The lowest BCUT2D eigenvalue weighted by atomic mass is 9.51. The number of allylic oxidation sites excluding steroid dienone is 1. The third kappa shape index (κ3) is 2.30. The minimum atomic E-state index is -0.290. The lowest BCUT2D eigenvalue weighted by Crippen LogP contribution is -2.52. The molecule has 1 unspecified atom stereocenters. The summed E-state index contributed by atoms with van der Waals surface area (Å²) >= 11 is 0. The van der Waals surface area contributed by atoms with E-state index in [4.69, 9.17) is 4.74 Å². The van der Waals surface area contributed by atoms with Crippen molar-refractivity contribution in [2.75, 3.05) is 0 Å². The van der Waals surface area contributed by atoms with E-state index in [1.54, 1.807) is 12.5 Å². The Kier molecular flexibility index (Phi) is 3.87. The molecule has 4 aliphatic carbocycles.